The Morgan fingerprint density at radius 2 is 1.87 bits per heavy atom. The summed E-state index contributed by atoms with van der Waals surface area (Å²) in [4.78, 5) is 27.8. The molecule has 1 heterocycles. The number of urea groups is 1. The molecular weight excluding hydrogens is 290 g/mol. The van der Waals surface area contributed by atoms with Gasteiger partial charge in [-0.1, -0.05) is 26.0 Å². The van der Waals surface area contributed by atoms with Gasteiger partial charge in [-0.05, 0) is 36.5 Å². The van der Waals surface area contributed by atoms with Gasteiger partial charge in [0.05, 0.1) is 5.92 Å². The van der Waals surface area contributed by atoms with E-state index in [9.17, 15) is 9.59 Å². The Balaban J connectivity index is 1.96. The lowest BCUT2D eigenvalue weighted by Crippen LogP contribution is -2.47. The molecule has 5 nitrogen and oxygen atoms in total. The van der Waals surface area contributed by atoms with Crippen LogP contribution in [0.5, 0.6) is 0 Å². The Morgan fingerprint density at radius 3 is 2.43 bits per heavy atom. The Morgan fingerprint density at radius 1 is 1.22 bits per heavy atom. The highest BCUT2D eigenvalue weighted by atomic mass is 16.2. The molecule has 1 aromatic rings. The summed E-state index contributed by atoms with van der Waals surface area (Å²) >= 11 is 0. The first kappa shape index (κ1) is 17.3. The number of carbonyl (C=O) groups is 2. The molecule has 1 aliphatic heterocycles. The van der Waals surface area contributed by atoms with E-state index < -0.39 is 0 Å². The van der Waals surface area contributed by atoms with Crippen molar-refractivity contribution in [3.8, 4) is 0 Å². The van der Waals surface area contributed by atoms with Gasteiger partial charge >= 0.3 is 6.03 Å². The molecule has 0 saturated carbocycles. The number of piperidine rings is 1. The molecule has 1 aliphatic rings. The Labute approximate surface area is 138 Å². The smallest absolute Gasteiger partial charge is 0.319 e. The molecule has 0 unspecified atom stereocenters. The highest BCUT2D eigenvalue weighted by Crippen LogP contribution is 2.21. The summed E-state index contributed by atoms with van der Waals surface area (Å²) in [5.74, 6) is 0.333. The van der Waals surface area contributed by atoms with Gasteiger partial charge in [0.2, 0.25) is 5.91 Å². The van der Waals surface area contributed by atoms with Crippen LogP contribution >= 0.6 is 0 Å². The number of nitrogens with one attached hydrogen (secondary N) is 1. The summed E-state index contributed by atoms with van der Waals surface area (Å²) in [6, 6.07) is 7.95. The van der Waals surface area contributed by atoms with Gasteiger partial charge in [0.1, 0.15) is 0 Å². The summed E-state index contributed by atoms with van der Waals surface area (Å²) < 4.78 is 0. The van der Waals surface area contributed by atoms with Gasteiger partial charge in [-0.2, -0.15) is 0 Å². The Kier molecular flexibility index (Phi) is 5.64. The van der Waals surface area contributed by atoms with Gasteiger partial charge < -0.3 is 15.1 Å². The van der Waals surface area contributed by atoms with Gasteiger partial charge in [0.15, 0.2) is 0 Å². The van der Waals surface area contributed by atoms with Crippen LogP contribution in [-0.2, 0) is 4.79 Å². The highest BCUT2D eigenvalue weighted by molar-refractivity contribution is 5.93. The van der Waals surface area contributed by atoms with Crippen molar-refractivity contribution >= 4 is 17.6 Å². The summed E-state index contributed by atoms with van der Waals surface area (Å²) in [5, 5.41) is 2.98. The molecule has 1 N–H and O–H groups in total. The summed E-state index contributed by atoms with van der Waals surface area (Å²) in [6.45, 7) is 5.51. The van der Waals surface area contributed by atoms with E-state index in [-0.39, 0.29) is 17.9 Å². The van der Waals surface area contributed by atoms with E-state index in [0.717, 1.165) is 25.1 Å². The summed E-state index contributed by atoms with van der Waals surface area (Å²) in [6.07, 6.45) is 1.69. The highest BCUT2D eigenvalue weighted by Gasteiger charge is 2.29. The predicted octanol–water partition coefficient (Wildman–Crippen LogP) is 3.14. The molecule has 126 valence electrons. The fourth-order valence-corrected chi connectivity index (χ4v) is 2.84. The molecule has 0 spiro atoms. The van der Waals surface area contributed by atoms with Crippen LogP contribution in [0.15, 0.2) is 24.3 Å². The lowest BCUT2D eigenvalue weighted by molar-refractivity contribution is -0.121. The number of amides is 3. The maximum atomic E-state index is 12.5. The largest absolute Gasteiger partial charge is 0.331 e. The average Bonchev–Trinajstić information content (AvgIpc) is 2.54. The molecule has 3 amide bonds. The topological polar surface area (TPSA) is 52.7 Å². The predicted molar refractivity (Wildman–Crippen MR) is 92.5 cm³/mol. The fraction of sp³-hybridized carbons (Fsp3) is 0.556. The lowest BCUT2D eigenvalue weighted by atomic mass is 9.97. The van der Waals surface area contributed by atoms with Crippen molar-refractivity contribution in [1.82, 2.24) is 9.80 Å². The zero-order chi connectivity index (χ0) is 17.0. The first-order valence-corrected chi connectivity index (χ1v) is 8.25. The normalized spacial score (nSPS) is 18.0. The van der Waals surface area contributed by atoms with E-state index in [0.29, 0.717) is 12.5 Å². The number of hydrogen-bond donors (Lipinski definition) is 1. The minimum atomic E-state index is -0.141. The molecule has 23 heavy (non-hydrogen) atoms. The minimum absolute atomic E-state index is 0.00134. The molecule has 1 aromatic carbocycles. The maximum Gasteiger partial charge on any atom is 0.319 e. The van der Waals surface area contributed by atoms with Crippen LogP contribution < -0.4 is 5.32 Å². The van der Waals surface area contributed by atoms with Crippen molar-refractivity contribution in [2.75, 3.05) is 32.5 Å². The van der Waals surface area contributed by atoms with Gasteiger partial charge in [0.25, 0.3) is 0 Å². The van der Waals surface area contributed by atoms with Gasteiger partial charge in [-0.25, -0.2) is 4.79 Å². The van der Waals surface area contributed by atoms with E-state index in [1.54, 1.807) is 23.9 Å². The van der Waals surface area contributed by atoms with Crippen LogP contribution in [0.3, 0.4) is 0 Å². The van der Waals surface area contributed by atoms with E-state index in [1.807, 2.05) is 24.3 Å². The second kappa shape index (κ2) is 7.49. The number of carbonyl (C=O) groups excluding carboxylic acids is 2. The van der Waals surface area contributed by atoms with E-state index in [1.165, 1.54) is 5.56 Å². The SMILES string of the molecule is CC(C)c1ccc(NC(=O)[C@H]2CCCN(C(=O)N(C)C)C2)cc1. The van der Waals surface area contributed by atoms with Crippen LogP contribution in [0.1, 0.15) is 38.2 Å². The number of nitrogens with zero attached hydrogens (tertiary/aromatic N) is 2. The van der Waals surface area contributed by atoms with Crippen molar-refractivity contribution < 1.29 is 9.59 Å². The fourth-order valence-electron chi connectivity index (χ4n) is 2.84. The number of hydrogen-bond acceptors (Lipinski definition) is 2. The van der Waals surface area contributed by atoms with Gasteiger partial charge in [0, 0.05) is 32.9 Å². The second-order valence-corrected chi connectivity index (χ2v) is 6.73. The van der Waals surface area contributed by atoms with E-state index >= 15 is 0 Å². The van der Waals surface area contributed by atoms with Crippen LogP contribution in [-0.4, -0.2) is 48.9 Å². The molecule has 5 heteroatoms. The maximum absolute atomic E-state index is 12.5. The molecule has 1 fully saturated rings. The third kappa shape index (κ3) is 4.47. The number of anilines is 1. The number of rotatable bonds is 3. The molecule has 0 bridgehead atoms. The third-order valence-corrected chi connectivity index (χ3v) is 4.29. The zero-order valence-electron chi connectivity index (χ0n) is 14.5. The minimum Gasteiger partial charge on any atom is -0.331 e. The number of likely N-dealkylation sites (tertiary alicyclic amines) is 1. The van der Waals surface area contributed by atoms with Gasteiger partial charge in [-0.3, -0.25) is 4.79 Å². The molecule has 2 rings (SSSR count). The quantitative estimate of drug-likeness (QED) is 0.931. The first-order valence-electron chi connectivity index (χ1n) is 8.25. The third-order valence-electron chi connectivity index (χ3n) is 4.29. The average molecular weight is 317 g/mol. The second-order valence-electron chi connectivity index (χ2n) is 6.73. The molecule has 1 atom stereocenters. The van der Waals surface area contributed by atoms with E-state index in [4.69, 9.17) is 0 Å². The lowest BCUT2D eigenvalue weighted by Gasteiger charge is -2.33. The Bertz CT molecular complexity index is 552. The number of benzene rings is 1. The van der Waals surface area contributed by atoms with Crippen LogP contribution in [0.4, 0.5) is 10.5 Å². The van der Waals surface area contributed by atoms with Crippen LogP contribution in [0.2, 0.25) is 0 Å². The van der Waals surface area contributed by atoms with E-state index in [2.05, 4.69) is 19.2 Å². The molecule has 1 saturated heterocycles. The summed E-state index contributed by atoms with van der Waals surface area (Å²) in [5.41, 5.74) is 2.07. The molecule has 0 radical (unpaired) electrons. The van der Waals surface area contributed by atoms with Crippen LogP contribution in [0.25, 0.3) is 0 Å². The Hall–Kier alpha value is -2.04. The molecular formula is C18H27N3O2. The zero-order valence-corrected chi connectivity index (χ0v) is 14.5. The van der Waals surface area contributed by atoms with Crippen molar-refractivity contribution in [2.24, 2.45) is 5.92 Å². The summed E-state index contributed by atoms with van der Waals surface area (Å²) in [7, 11) is 3.48. The molecule has 0 aromatic heterocycles. The van der Waals surface area contributed by atoms with Crippen molar-refractivity contribution in [1.29, 1.82) is 0 Å². The van der Waals surface area contributed by atoms with Crippen molar-refractivity contribution in [2.45, 2.75) is 32.6 Å². The van der Waals surface area contributed by atoms with Gasteiger partial charge in [-0.15, -0.1) is 0 Å². The molecule has 0 aliphatic carbocycles. The monoisotopic (exact) mass is 317 g/mol. The first-order chi connectivity index (χ1) is 10.9. The standard InChI is InChI=1S/C18H27N3O2/c1-13(2)14-7-9-16(10-8-14)19-17(22)15-6-5-11-21(12-15)18(23)20(3)4/h7-10,13,15H,5-6,11-12H2,1-4H3,(H,19,22)/t15-/m0/s1. The van der Waals surface area contributed by atoms with Crippen molar-refractivity contribution in [3.05, 3.63) is 29.8 Å². The van der Waals surface area contributed by atoms with Crippen LogP contribution in [0, 0.1) is 5.92 Å². The van der Waals surface area contributed by atoms with Crippen molar-refractivity contribution in [3.63, 3.8) is 0 Å².